The monoisotopic (exact) mass is 321 g/mol. The highest BCUT2D eigenvalue weighted by Gasteiger charge is 2.24. The molecule has 2 unspecified atom stereocenters. The highest BCUT2D eigenvalue weighted by atomic mass is 32.2. The van der Waals surface area contributed by atoms with Crippen LogP contribution in [0.1, 0.15) is 71.6 Å². The van der Waals surface area contributed by atoms with Gasteiger partial charge in [0.15, 0.2) is 0 Å². The van der Waals surface area contributed by atoms with Crippen LogP contribution in [-0.4, -0.2) is 38.9 Å². The first-order valence-corrected chi connectivity index (χ1v) is 10.4. The zero-order valence-corrected chi connectivity index (χ0v) is 15.0. The van der Waals surface area contributed by atoms with Crippen molar-refractivity contribution in [2.75, 3.05) is 25.9 Å². The molecule has 0 bridgehead atoms. The maximum atomic E-state index is 9.08. The summed E-state index contributed by atoms with van der Waals surface area (Å²) in [5.41, 5.74) is 0. The Morgan fingerprint density at radius 3 is 2.19 bits per heavy atom. The molecule has 0 amide bonds. The average Bonchev–Trinajstić information content (AvgIpc) is 2.80. The van der Waals surface area contributed by atoms with Gasteiger partial charge < -0.3 is 9.45 Å². The lowest BCUT2D eigenvalue weighted by molar-refractivity contribution is -0.889. The van der Waals surface area contributed by atoms with Gasteiger partial charge in [-0.25, -0.2) is 8.42 Å². The Bertz CT molecular complexity index is 322. The minimum absolute atomic E-state index is 0.604. The van der Waals surface area contributed by atoms with E-state index in [-0.39, 0.29) is 0 Å². The Hall–Kier alpha value is -0.130. The molecule has 0 spiro atoms. The molecule has 4 nitrogen and oxygen atoms in total. The first-order valence-electron chi connectivity index (χ1n) is 8.61. The van der Waals surface area contributed by atoms with Gasteiger partial charge in [0.25, 0.3) is 0 Å². The molecule has 1 rings (SSSR count). The molecule has 0 aromatic rings. The lowest BCUT2D eigenvalue weighted by Crippen LogP contribution is -3.10. The lowest BCUT2D eigenvalue weighted by atomic mass is 10.0. The van der Waals surface area contributed by atoms with E-state index in [1.165, 1.54) is 77.4 Å². The second-order valence-corrected chi connectivity index (χ2v) is 7.78. The summed E-state index contributed by atoms with van der Waals surface area (Å²) in [6.07, 6.45) is 13.6. The van der Waals surface area contributed by atoms with E-state index in [9.17, 15) is 0 Å². The van der Waals surface area contributed by atoms with Gasteiger partial charge in [0, 0.05) is 18.6 Å². The van der Waals surface area contributed by atoms with Crippen molar-refractivity contribution in [3.8, 4) is 0 Å². The standard InChI is InChI=1S/C15H31N.CH4O3S/c1-3-5-6-7-8-9-12-16-13-11-15(14-16)10-4-2;1-5(2,3)4/h15H,3-14H2,1-2H3;1H3,(H,2,3,4). The van der Waals surface area contributed by atoms with E-state index in [1.54, 1.807) is 0 Å². The summed E-state index contributed by atoms with van der Waals surface area (Å²) in [5, 5.41) is 0. The summed E-state index contributed by atoms with van der Waals surface area (Å²) < 4.78 is 27.2. The Kier molecular flexibility index (Phi) is 12.3. The van der Waals surface area contributed by atoms with Crippen LogP contribution >= 0.6 is 0 Å². The molecule has 0 aromatic heterocycles. The normalized spacial score (nSPS) is 21.9. The van der Waals surface area contributed by atoms with Crippen LogP contribution in [0.5, 0.6) is 0 Å². The molecule has 128 valence electrons. The predicted octanol–water partition coefficient (Wildman–Crippen LogP) is 2.21. The highest BCUT2D eigenvalue weighted by molar-refractivity contribution is 7.84. The van der Waals surface area contributed by atoms with Gasteiger partial charge >= 0.3 is 0 Å². The van der Waals surface area contributed by atoms with Gasteiger partial charge in [0.2, 0.25) is 0 Å². The molecule has 1 fully saturated rings. The fourth-order valence-electron chi connectivity index (χ4n) is 3.06. The summed E-state index contributed by atoms with van der Waals surface area (Å²) >= 11 is 0. The molecule has 1 aliphatic rings. The summed E-state index contributed by atoms with van der Waals surface area (Å²) in [7, 11) is -3.92. The molecule has 1 heterocycles. The van der Waals surface area contributed by atoms with Crippen molar-refractivity contribution in [1.29, 1.82) is 0 Å². The van der Waals surface area contributed by atoms with E-state index in [4.69, 9.17) is 13.0 Å². The van der Waals surface area contributed by atoms with E-state index in [0.29, 0.717) is 6.26 Å². The van der Waals surface area contributed by atoms with Crippen molar-refractivity contribution >= 4 is 10.1 Å². The first-order chi connectivity index (χ1) is 9.86. The Labute approximate surface area is 132 Å². The SMILES string of the molecule is CCCCCCCC[NH+]1CCC(CCC)C1.CS(=O)(=O)[O-]. The van der Waals surface area contributed by atoms with Crippen molar-refractivity contribution in [3.63, 3.8) is 0 Å². The third-order valence-corrected chi connectivity index (χ3v) is 4.06. The molecular formula is C16H35NO3S. The van der Waals surface area contributed by atoms with Gasteiger partial charge in [0.1, 0.15) is 0 Å². The zero-order chi connectivity index (χ0) is 16.1. The van der Waals surface area contributed by atoms with E-state index in [2.05, 4.69) is 13.8 Å². The molecule has 0 aromatic carbocycles. The largest absolute Gasteiger partial charge is 0.748 e. The number of likely N-dealkylation sites (tertiary alicyclic amines) is 1. The van der Waals surface area contributed by atoms with Crippen molar-refractivity contribution in [3.05, 3.63) is 0 Å². The van der Waals surface area contributed by atoms with E-state index >= 15 is 0 Å². The molecule has 1 N–H and O–H groups in total. The Morgan fingerprint density at radius 1 is 1.05 bits per heavy atom. The molecule has 2 atom stereocenters. The second-order valence-electron chi connectivity index (χ2n) is 6.37. The minimum atomic E-state index is -3.92. The fraction of sp³-hybridized carbons (Fsp3) is 1.00. The number of quaternary nitrogens is 1. The zero-order valence-electron chi connectivity index (χ0n) is 14.2. The third-order valence-electron chi connectivity index (χ3n) is 4.06. The van der Waals surface area contributed by atoms with Crippen LogP contribution in [-0.2, 0) is 10.1 Å². The van der Waals surface area contributed by atoms with Crippen molar-refractivity contribution in [2.45, 2.75) is 71.6 Å². The number of hydrogen-bond donors (Lipinski definition) is 1. The van der Waals surface area contributed by atoms with Gasteiger partial charge in [-0.1, -0.05) is 46.0 Å². The third kappa shape index (κ3) is 16.1. The highest BCUT2D eigenvalue weighted by Crippen LogP contribution is 2.11. The fourth-order valence-corrected chi connectivity index (χ4v) is 3.06. The van der Waals surface area contributed by atoms with Gasteiger partial charge in [-0.2, -0.15) is 0 Å². The van der Waals surface area contributed by atoms with Crippen molar-refractivity contribution in [1.82, 2.24) is 0 Å². The molecule has 0 radical (unpaired) electrons. The molecule has 1 saturated heterocycles. The lowest BCUT2D eigenvalue weighted by Gasteiger charge is -2.12. The number of nitrogens with one attached hydrogen (secondary N) is 1. The van der Waals surface area contributed by atoms with Crippen LogP contribution in [0.3, 0.4) is 0 Å². The van der Waals surface area contributed by atoms with E-state index < -0.39 is 10.1 Å². The molecule has 21 heavy (non-hydrogen) atoms. The maximum Gasteiger partial charge on any atom is 0.0916 e. The topological polar surface area (TPSA) is 61.6 Å². The van der Waals surface area contributed by atoms with Crippen LogP contribution in [0.2, 0.25) is 0 Å². The van der Waals surface area contributed by atoms with Gasteiger partial charge in [-0.3, -0.25) is 0 Å². The maximum absolute atomic E-state index is 9.08. The quantitative estimate of drug-likeness (QED) is 0.523. The summed E-state index contributed by atoms with van der Waals surface area (Å²) in [6.45, 7) is 9.00. The van der Waals surface area contributed by atoms with Gasteiger partial charge in [-0.15, -0.1) is 0 Å². The van der Waals surface area contributed by atoms with Crippen molar-refractivity contribution < 1.29 is 17.9 Å². The Balaban J connectivity index is 0.000000690. The number of unbranched alkanes of at least 4 members (excludes halogenated alkanes) is 5. The minimum Gasteiger partial charge on any atom is -0.748 e. The van der Waals surface area contributed by atoms with Crippen LogP contribution in [0.4, 0.5) is 0 Å². The van der Waals surface area contributed by atoms with Crippen LogP contribution in [0, 0.1) is 5.92 Å². The van der Waals surface area contributed by atoms with Gasteiger partial charge in [0.05, 0.1) is 29.8 Å². The van der Waals surface area contributed by atoms with Crippen LogP contribution in [0.15, 0.2) is 0 Å². The van der Waals surface area contributed by atoms with Gasteiger partial charge in [-0.05, 0) is 19.3 Å². The summed E-state index contributed by atoms with van der Waals surface area (Å²) in [6, 6.07) is 0. The molecular weight excluding hydrogens is 286 g/mol. The Morgan fingerprint density at radius 2 is 1.62 bits per heavy atom. The molecule has 0 saturated carbocycles. The summed E-state index contributed by atoms with van der Waals surface area (Å²) in [5.74, 6) is 1.06. The smallest absolute Gasteiger partial charge is 0.0916 e. The second kappa shape index (κ2) is 12.4. The molecule has 1 aliphatic heterocycles. The molecule has 0 aliphatic carbocycles. The average molecular weight is 322 g/mol. The summed E-state index contributed by atoms with van der Waals surface area (Å²) in [4.78, 5) is 1.90. The molecule has 5 heteroatoms. The predicted molar refractivity (Wildman–Crippen MR) is 87.6 cm³/mol. The first kappa shape index (κ1) is 20.9. The number of hydrogen-bond acceptors (Lipinski definition) is 3. The number of rotatable bonds is 9. The van der Waals surface area contributed by atoms with E-state index in [0.717, 1.165) is 5.92 Å². The van der Waals surface area contributed by atoms with Crippen molar-refractivity contribution in [2.24, 2.45) is 5.92 Å². The van der Waals surface area contributed by atoms with Crippen LogP contribution in [0.25, 0.3) is 0 Å². The van der Waals surface area contributed by atoms with Crippen LogP contribution < -0.4 is 4.90 Å². The van der Waals surface area contributed by atoms with E-state index in [1.807, 2.05) is 4.90 Å².